The first-order valence-corrected chi connectivity index (χ1v) is 7.33. The van der Waals surface area contributed by atoms with Crippen LogP contribution in [0, 0.1) is 0 Å². The Bertz CT molecular complexity index is 566. The SMILES string of the molecule is CCNC(=NCc1cc(Br)cn1C)NCc1ccco1.I. The molecular weight excluding hydrogens is 447 g/mol. The molecule has 0 bridgehead atoms. The average molecular weight is 467 g/mol. The van der Waals surface area contributed by atoms with E-state index in [1.165, 1.54) is 0 Å². The molecule has 0 atom stereocenters. The predicted molar refractivity (Wildman–Crippen MR) is 98.9 cm³/mol. The van der Waals surface area contributed by atoms with Crippen LogP contribution in [0.1, 0.15) is 18.4 Å². The average Bonchev–Trinajstić information content (AvgIpc) is 3.03. The quantitative estimate of drug-likeness (QED) is 0.404. The van der Waals surface area contributed by atoms with Crippen molar-refractivity contribution in [2.75, 3.05) is 6.54 Å². The highest BCUT2D eigenvalue weighted by atomic mass is 127. The van der Waals surface area contributed by atoms with Gasteiger partial charge in [0.25, 0.3) is 0 Å². The fourth-order valence-corrected chi connectivity index (χ4v) is 2.38. The largest absolute Gasteiger partial charge is 0.467 e. The van der Waals surface area contributed by atoms with Crippen molar-refractivity contribution in [3.63, 3.8) is 0 Å². The lowest BCUT2D eigenvalue weighted by Crippen LogP contribution is -2.36. The summed E-state index contributed by atoms with van der Waals surface area (Å²) in [5.41, 5.74) is 1.15. The molecule has 0 fully saturated rings. The Morgan fingerprint density at radius 2 is 2.24 bits per heavy atom. The Kier molecular flexibility index (Phi) is 7.87. The summed E-state index contributed by atoms with van der Waals surface area (Å²) in [6.45, 7) is 4.11. The fraction of sp³-hybridized carbons (Fsp3) is 0.357. The second-order valence-electron chi connectivity index (χ2n) is 4.39. The molecule has 2 aromatic rings. The minimum atomic E-state index is 0. The highest BCUT2D eigenvalue weighted by molar-refractivity contribution is 14.0. The summed E-state index contributed by atoms with van der Waals surface area (Å²) >= 11 is 3.46. The number of hydrogen-bond acceptors (Lipinski definition) is 2. The first-order chi connectivity index (χ1) is 9.69. The standard InChI is InChI=1S/C14H19BrN4O.HI/c1-3-16-14(18-9-13-5-4-6-20-13)17-8-12-7-11(15)10-19(12)2;/h4-7,10H,3,8-9H2,1-2H3,(H2,16,17,18);1H. The van der Waals surface area contributed by atoms with E-state index < -0.39 is 0 Å². The van der Waals surface area contributed by atoms with Crippen LogP contribution in [-0.4, -0.2) is 17.1 Å². The van der Waals surface area contributed by atoms with Gasteiger partial charge in [0.2, 0.25) is 0 Å². The molecule has 0 amide bonds. The molecule has 0 aliphatic rings. The van der Waals surface area contributed by atoms with Crippen molar-refractivity contribution in [3.05, 3.63) is 46.6 Å². The predicted octanol–water partition coefficient (Wildman–Crippen LogP) is 3.25. The highest BCUT2D eigenvalue weighted by Gasteiger charge is 2.03. The van der Waals surface area contributed by atoms with Crippen molar-refractivity contribution in [2.24, 2.45) is 12.0 Å². The van der Waals surface area contributed by atoms with Gasteiger partial charge in [-0.2, -0.15) is 0 Å². The van der Waals surface area contributed by atoms with Crippen LogP contribution in [0.15, 0.2) is 44.5 Å². The molecule has 2 N–H and O–H groups in total. The molecule has 0 saturated heterocycles. The monoisotopic (exact) mass is 466 g/mol. The fourth-order valence-electron chi connectivity index (χ4n) is 1.81. The van der Waals surface area contributed by atoms with Crippen molar-refractivity contribution in [1.29, 1.82) is 0 Å². The van der Waals surface area contributed by atoms with Gasteiger partial charge in [-0.25, -0.2) is 4.99 Å². The summed E-state index contributed by atoms with van der Waals surface area (Å²) in [6.07, 6.45) is 3.69. The van der Waals surface area contributed by atoms with E-state index in [1.807, 2.05) is 32.3 Å². The number of aryl methyl sites for hydroxylation is 1. The molecule has 0 aliphatic carbocycles. The Balaban J connectivity index is 0.00000220. The topological polar surface area (TPSA) is 54.5 Å². The van der Waals surface area contributed by atoms with Crippen molar-refractivity contribution in [2.45, 2.75) is 20.0 Å². The molecule has 5 nitrogen and oxygen atoms in total. The van der Waals surface area contributed by atoms with Gasteiger partial charge in [-0.1, -0.05) is 0 Å². The van der Waals surface area contributed by atoms with Gasteiger partial charge in [0, 0.05) is 30.0 Å². The summed E-state index contributed by atoms with van der Waals surface area (Å²) in [7, 11) is 2.01. The van der Waals surface area contributed by atoms with Gasteiger partial charge in [-0.05, 0) is 41.1 Å². The molecule has 0 saturated carbocycles. The van der Waals surface area contributed by atoms with Crippen LogP contribution in [0.4, 0.5) is 0 Å². The molecule has 0 aromatic carbocycles. The van der Waals surface area contributed by atoms with Crippen LogP contribution >= 0.6 is 39.9 Å². The second kappa shape index (κ2) is 9.14. The van der Waals surface area contributed by atoms with E-state index in [9.17, 15) is 0 Å². The van der Waals surface area contributed by atoms with Gasteiger partial charge in [0.1, 0.15) is 5.76 Å². The van der Waals surface area contributed by atoms with E-state index in [1.54, 1.807) is 6.26 Å². The van der Waals surface area contributed by atoms with Gasteiger partial charge >= 0.3 is 0 Å². The molecule has 2 rings (SSSR count). The van der Waals surface area contributed by atoms with E-state index in [0.717, 1.165) is 28.4 Å². The lowest BCUT2D eigenvalue weighted by atomic mass is 10.4. The van der Waals surface area contributed by atoms with Crippen LogP contribution in [0.2, 0.25) is 0 Å². The van der Waals surface area contributed by atoms with E-state index in [-0.39, 0.29) is 24.0 Å². The lowest BCUT2D eigenvalue weighted by Gasteiger charge is -2.10. The zero-order valence-corrected chi connectivity index (χ0v) is 16.0. The molecule has 0 radical (unpaired) electrons. The summed E-state index contributed by atoms with van der Waals surface area (Å²) in [4.78, 5) is 4.57. The number of rotatable bonds is 5. The summed E-state index contributed by atoms with van der Waals surface area (Å²) in [5.74, 6) is 1.67. The molecule has 2 heterocycles. The Labute approximate surface area is 150 Å². The van der Waals surface area contributed by atoms with Crippen molar-refractivity contribution in [3.8, 4) is 0 Å². The van der Waals surface area contributed by atoms with Crippen LogP contribution in [0.5, 0.6) is 0 Å². The maximum atomic E-state index is 5.29. The highest BCUT2D eigenvalue weighted by Crippen LogP contribution is 2.14. The Morgan fingerprint density at radius 1 is 1.43 bits per heavy atom. The molecule has 7 heteroatoms. The van der Waals surface area contributed by atoms with E-state index in [0.29, 0.717) is 13.1 Å². The third-order valence-electron chi connectivity index (χ3n) is 2.83. The molecule has 116 valence electrons. The zero-order chi connectivity index (χ0) is 14.4. The molecule has 21 heavy (non-hydrogen) atoms. The molecular formula is C14H20BrIN4O. The van der Waals surface area contributed by atoms with Crippen LogP contribution in [0.25, 0.3) is 0 Å². The number of aromatic nitrogens is 1. The first-order valence-electron chi connectivity index (χ1n) is 6.54. The summed E-state index contributed by atoms with van der Waals surface area (Å²) in [5, 5.41) is 6.46. The van der Waals surface area contributed by atoms with Gasteiger partial charge < -0.3 is 19.6 Å². The smallest absolute Gasteiger partial charge is 0.192 e. The number of guanidine groups is 1. The number of furan rings is 1. The summed E-state index contributed by atoms with van der Waals surface area (Å²) < 4.78 is 8.42. The minimum Gasteiger partial charge on any atom is -0.467 e. The van der Waals surface area contributed by atoms with E-state index in [2.05, 4.69) is 42.2 Å². The Morgan fingerprint density at radius 3 is 2.81 bits per heavy atom. The van der Waals surface area contributed by atoms with Gasteiger partial charge in [0.15, 0.2) is 5.96 Å². The molecule has 0 unspecified atom stereocenters. The number of halogens is 2. The number of hydrogen-bond donors (Lipinski definition) is 2. The van der Waals surface area contributed by atoms with E-state index >= 15 is 0 Å². The molecule has 0 spiro atoms. The minimum absolute atomic E-state index is 0. The van der Waals surface area contributed by atoms with Crippen molar-refractivity contribution in [1.82, 2.24) is 15.2 Å². The van der Waals surface area contributed by atoms with Gasteiger partial charge in [-0.3, -0.25) is 0 Å². The van der Waals surface area contributed by atoms with Crippen LogP contribution in [0.3, 0.4) is 0 Å². The number of nitrogens with zero attached hydrogens (tertiary/aromatic N) is 2. The number of nitrogens with one attached hydrogen (secondary N) is 2. The van der Waals surface area contributed by atoms with Gasteiger partial charge in [-0.15, -0.1) is 24.0 Å². The third kappa shape index (κ3) is 5.74. The van der Waals surface area contributed by atoms with Crippen molar-refractivity contribution < 1.29 is 4.42 Å². The molecule has 0 aliphatic heterocycles. The van der Waals surface area contributed by atoms with E-state index in [4.69, 9.17) is 4.42 Å². The normalized spacial score (nSPS) is 11.1. The maximum Gasteiger partial charge on any atom is 0.192 e. The van der Waals surface area contributed by atoms with Crippen LogP contribution in [-0.2, 0) is 20.1 Å². The van der Waals surface area contributed by atoms with Crippen LogP contribution < -0.4 is 10.6 Å². The zero-order valence-electron chi connectivity index (χ0n) is 12.1. The first kappa shape index (κ1) is 18.1. The van der Waals surface area contributed by atoms with Crippen molar-refractivity contribution >= 4 is 45.9 Å². The maximum absolute atomic E-state index is 5.29. The molecule has 2 aromatic heterocycles. The Hall–Kier alpha value is -0.960. The lowest BCUT2D eigenvalue weighted by molar-refractivity contribution is 0.501. The second-order valence-corrected chi connectivity index (χ2v) is 5.30. The van der Waals surface area contributed by atoms with Gasteiger partial charge in [0.05, 0.1) is 19.4 Å². The number of aliphatic imine (C=N–C) groups is 1. The summed E-state index contributed by atoms with van der Waals surface area (Å²) in [6, 6.07) is 5.88. The third-order valence-corrected chi connectivity index (χ3v) is 3.26.